The molecule has 0 aliphatic heterocycles. The summed E-state index contributed by atoms with van der Waals surface area (Å²) in [6.07, 6.45) is 4.10. The van der Waals surface area contributed by atoms with Crippen LogP contribution in [0.4, 0.5) is 11.4 Å². The van der Waals surface area contributed by atoms with Gasteiger partial charge < -0.3 is 0 Å². The van der Waals surface area contributed by atoms with E-state index >= 15 is 0 Å². The van der Waals surface area contributed by atoms with Gasteiger partial charge in [0.05, 0.1) is 29.4 Å². The molecule has 0 heterocycles. The minimum Gasteiger partial charge on any atom is -0.258 e. The molecule has 0 spiro atoms. The third kappa shape index (κ3) is 10.1. The number of nitrogens with one attached hydrogen (secondary N) is 4. The number of nitro groups is 2. The highest BCUT2D eigenvalue weighted by atomic mass is 32.2. The molecule has 58 heavy (non-hydrogen) atoms. The molecule has 2 aliphatic carbocycles. The Morgan fingerprint density at radius 2 is 0.586 bits per heavy atom. The second kappa shape index (κ2) is 17.3. The molecule has 4 aromatic carbocycles. The number of nitrogens with zero attached hydrogens (tertiary/aromatic N) is 2. The van der Waals surface area contributed by atoms with Crippen LogP contribution in [0.25, 0.3) is 11.1 Å². The van der Waals surface area contributed by atoms with Crippen LogP contribution in [0.15, 0.2) is 117 Å². The normalized spacial score (nSPS) is 20.6. The Kier molecular flexibility index (Phi) is 12.8. The van der Waals surface area contributed by atoms with Crippen LogP contribution < -0.4 is 18.9 Å². The lowest BCUT2D eigenvalue weighted by Crippen LogP contribution is -2.52. The molecule has 2 aliphatic rings. The summed E-state index contributed by atoms with van der Waals surface area (Å²) in [7, 11) is -16.5. The van der Waals surface area contributed by atoms with Crippen molar-refractivity contribution in [1.29, 1.82) is 0 Å². The third-order valence-corrected chi connectivity index (χ3v) is 16.2. The van der Waals surface area contributed by atoms with Crippen LogP contribution in [-0.4, -0.2) is 67.7 Å². The maximum Gasteiger partial charge on any atom is 0.269 e. The van der Waals surface area contributed by atoms with Crippen molar-refractivity contribution in [2.75, 3.05) is 0 Å². The van der Waals surface area contributed by atoms with E-state index in [9.17, 15) is 53.9 Å². The predicted octanol–water partition coefficient (Wildman–Crippen LogP) is 4.31. The molecule has 4 atom stereocenters. The van der Waals surface area contributed by atoms with Crippen molar-refractivity contribution >= 4 is 51.5 Å². The zero-order chi connectivity index (χ0) is 41.9. The number of hydrogen-bond donors (Lipinski definition) is 4. The predicted molar refractivity (Wildman–Crippen MR) is 211 cm³/mol. The lowest BCUT2D eigenvalue weighted by atomic mass is 9.92. The number of non-ortho nitro benzene ring substituents is 2. The molecule has 0 aromatic heterocycles. The highest BCUT2D eigenvalue weighted by Crippen LogP contribution is 2.28. The van der Waals surface area contributed by atoms with Crippen LogP contribution in [0.2, 0.25) is 0 Å². The Balaban J connectivity index is 1.09. The van der Waals surface area contributed by atoms with E-state index in [1.165, 1.54) is 24.3 Å². The van der Waals surface area contributed by atoms with E-state index in [1.54, 1.807) is 24.3 Å². The van der Waals surface area contributed by atoms with Gasteiger partial charge >= 0.3 is 0 Å². The van der Waals surface area contributed by atoms with Gasteiger partial charge in [0.15, 0.2) is 0 Å². The standard InChI is InChI=1S/C36H40N6O12S4/c43-41(44)27-13-21-31(22-14-27)57(51,52)39-35-7-3-1-5-33(35)37-55(47,48)29-17-9-25(10-18-29)26-11-19-30(20-12-26)56(49,50)38-34-6-2-4-8-36(34)40-58(53,54)32-23-15-28(16-24-32)42(45)46/h9-24,33-40H,1-8H2/t33-,34-,35-,36-/m1/s1. The van der Waals surface area contributed by atoms with E-state index in [1.807, 2.05) is 0 Å². The van der Waals surface area contributed by atoms with E-state index in [0.29, 0.717) is 62.5 Å². The first kappa shape index (κ1) is 42.9. The maximum atomic E-state index is 13.5. The summed E-state index contributed by atoms with van der Waals surface area (Å²) in [5.74, 6) is 0. The van der Waals surface area contributed by atoms with Crippen LogP contribution >= 0.6 is 0 Å². The van der Waals surface area contributed by atoms with Crippen molar-refractivity contribution in [1.82, 2.24) is 18.9 Å². The van der Waals surface area contributed by atoms with Crippen LogP contribution in [0.1, 0.15) is 51.4 Å². The molecule has 0 bridgehead atoms. The van der Waals surface area contributed by atoms with Crippen molar-refractivity contribution in [2.45, 2.75) is 95.1 Å². The van der Waals surface area contributed by atoms with Gasteiger partial charge in [0, 0.05) is 48.4 Å². The van der Waals surface area contributed by atoms with Crippen molar-refractivity contribution in [3.8, 4) is 11.1 Å². The van der Waals surface area contributed by atoms with Crippen LogP contribution in [0.5, 0.6) is 0 Å². The molecular weight excluding hydrogens is 837 g/mol. The van der Waals surface area contributed by atoms with Gasteiger partial charge in [-0.1, -0.05) is 49.9 Å². The topological polar surface area (TPSA) is 271 Å². The van der Waals surface area contributed by atoms with Gasteiger partial charge in [0.25, 0.3) is 11.4 Å². The molecule has 6 rings (SSSR count). The number of rotatable bonds is 15. The first-order valence-corrected chi connectivity index (χ1v) is 24.1. The number of sulfonamides is 4. The monoisotopic (exact) mass is 876 g/mol. The number of nitro benzene ring substituents is 2. The first-order valence-electron chi connectivity index (χ1n) is 18.1. The lowest BCUT2D eigenvalue weighted by molar-refractivity contribution is -0.385. The molecule has 18 nitrogen and oxygen atoms in total. The fourth-order valence-electron chi connectivity index (χ4n) is 7.04. The maximum absolute atomic E-state index is 13.5. The summed E-state index contributed by atoms with van der Waals surface area (Å²) in [6.45, 7) is 0. The third-order valence-electron chi connectivity index (χ3n) is 10.1. The Hall–Kier alpha value is -4.68. The zero-order valence-corrected chi connectivity index (χ0v) is 33.9. The van der Waals surface area contributed by atoms with E-state index < -0.39 is 74.1 Å². The first-order chi connectivity index (χ1) is 27.3. The number of benzene rings is 4. The van der Waals surface area contributed by atoms with E-state index in [2.05, 4.69) is 18.9 Å². The second-order valence-electron chi connectivity index (χ2n) is 14.0. The van der Waals surface area contributed by atoms with Crippen LogP contribution in [0.3, 0.4) is 0 Å². The highest BCUT2D eigenvalue weighted by molar-refractivity contribution is 7.90. The minimum absolute atomic E-state index is 0.0755. The van der Waals surface area contributed by atoms with Crippen molar-refractivity contribution in [2.24, 2.45) is 0 Å². The lowest BCUT2D eigenvalue weighted by Gasteiger charge is -2.32. The van der Waals surface area contributed by atoms with Gasteiger partial charge in [-0.15, -0.1) is 0 Å². The Morgan fingerprint density at radius 3 is 0.793 bits per heavy atom. The molecule has 0 saturated heterocycles. The smallest absolute Gasteiger partial charge is 0.258 e. The van der Waals surface area contributed by atoms with E-state index in [4.69, 9.17) is 0 Å². The van der Waals surface area contributed by atoms with Gasteiger partial charge in [0.1, 0.15) is 0 Å². The summed E-state index contributed by atoms with van der Waals surface area (Å²) in [5.41, 5.74) is 0.615. The largest absolute Gasteiger partial charge is 0.269 e. The Bertz CT molecular complexity index is 2410. The second-order valence-corrected chi connectivity index (χ2v) is 20.9. The molecule has 4 aromatic rings. The summed E-state index contributed by atoms with van der Waals surface area (Å²) >= 11 is 0. The van der Waals surface area contributed by atoms with Crippen molar-refractivity contribution in [3.63, 3.8) is 0 Å². The van der Waals surface area contributed by atoms with E-state index in [-0.39, 0.29) is 31.0 Å². The van der Waals surface area contributed by atoms with E-state index in [0.717, 1.165) is 48.5 Å². The van der Waals surface area contributed by atoms with Gasteiger partial charge in [0.2, 0.25) is 40.1 Å². The molecule has 0 radical (unpaired) electrons. The summed E-state index contributed by atoms with van der Waals surface area (Å²) in [6, 6.07) is 17.4. The molecule has 2 saturated carbocycles. The molecule has 2 fully saturated rings. The van der Waals surface area contributed by atoms with Crippen molar-refractivity contribution in [3.05, 3.63) is 117 Å². The molecule has 0 unspecified atom stereocenters. The molecular formula is C36H40N6O12S4. The molecule has 22 heteroatoms. The summed E-state index contributed by atoms with van der Waals surface area (Å²) in [5, 5.41) is 22.0. The van der Waals surface area contributed by atoms with Gasteiger partial charge in [-0.3, -0.25) is 20.2 Å². The van der Waals surface area contributed by atoms with Crippen molar-refractivity contribution < 1.29 is 43.5 Å². The summed E-state index contributed by atoms with van der Waals surface area (Å²) in [4.78, 5) is 20.1. The fourth-order valence-corrected chi connectivity index (χ4v) is 12.3. The summed E-state index contributed by atoms with van der Waals surface area (Å²) < 4.78 is 117. The van der Waals surface area contributed by atoms with Crippen LogP contribution in [0, 0.1) is 20.2 Å². The van der Waals surface area contributed by atoms with Gasteiger partial charge in [-0.25, -0.2) is 52.6 Å². The zero-order valence-electron chi connectivity index (χ0n) is 30.6. The highest BCUT2D eigenvalue weighted by Gasteiger charge is 2.34. The number of hydrogen-bond acceptors (Lipinski definition) is 12. The quantitative estimate of drug-likeness (QED) is 0.0962. The Labute approximate surface area is 336 Å². The average Bonchev–Trinajstić information content (AvgIpc) is 3.19. The molecule has 0 amide bonds. The molecule has 310 valence electrons. The molecule has 4 N–H and O–H groups in total. The SMILES string of the molecule is O=[N+]([O-])c1ccc(S(=O)(=O)N[C@@H]2CCCC[C@H]2NS(=O)(=O)c2ccc(-c3ccc(S(=O)(=O)N[C@@H]4CCCC[C@H]4NS(=O)(=O)c4ccc([N+](=O)[O-])cc4)cc3)cc2)cc1. The van der Waals surface area contributed by atoms with Gasteiger partial charge in [-0.05, 0) is 85.3 Å². The van der Waals surface area contributed by atoms with Crippen LogP contribution in [-0.2, 0) is 40.1 Å². The fraction of sp³-hybridized carbons (Fsp3) is 0.333. The minimum atomic E-state index is -4.12. The van der Waals surface area contributed by atoms with Gasteiger partial charge in [-0.2, -0.15) is 0 Å². The Morgan fingerprint density at radius 1 is 0.379 bits per heavy atom. The average molecular weight is 877 g/mol.